The van der Waals surface area contributed by atoms with Gasteiger partial charge in [0.1, 0.15) is 0 Å². The number of nitrogen functional groups attached to an aromatic ring is 1. The van der Waals surface area contributed by atoms with Gasteiger partial charge in [0.2, 0.25) is 0 Å². The van der Waals surface area contributed by atoms with Crippen LogP contribution in [0.3, 0.4) is 0 Å². The first-order chi connectivity index (χ1) is 8.79. The van der Waals surface area contributed by atoms with Crippen LogP contribution in [0.1, 0.15) is 27.7 Å². The maximum Gasteiger partial charge on any atom is 0.258 e. The predicted octanol–water partition coefficient (Wildman–Crippen LogP) is 2.35. The van der Waals surface area contributed by atoms with Crippen LogP contribution in [0, 0.1) is 5.41 Å². The predicted molar refractivity (Wildman–Crippen MR) is 79.3 cm³/mol. The van der Waals surface area contributed by atoms with Crippen molar-refractivity contribution in [2.24, 2.45) is 5.41 Å². The molecule has 4 N–H and O–H groups in total. The van der Waals surface area contributed by atoms with E-state index in [2.05, 4.69) is 43.0 Å². The standard InChI is InChI=1S/C14H20N4O/c1-8(14(2,3)4)18-12-6-11-9(5-10(12)15)13(19)17-7-16-11/h5-8,18H,15H2,1-4H3,(H,16,17,19). The molecule has 0 aliphatic heterocycles. The lowest BCUT2D eigenvalue weighted by Gasteiger charge is -2.29. The first-order valence-electron chi connectivity index (χ1n) is 6.32. The summed E-state index contributed by atoms with van der Waals surface area (Å²) in [6.45, 7) is 8.58. The highest BCUT2D eigenvalue weighted by Crippen LogP contribution is 2.28. The number of anilines is 2. The number of hydrogen-bond donors (Lipinski definition) is 3. The van der Waals surface area contributed by atoms with Crippen molar-refractivity contribution in [2.75, 3.05) is 11.1 Å². The fourth-order valence-electron chi connectivity index (χ4n) is 1.71. The van der Waals surface area contributed by atoms with Crippen LogP contribution < -0.4 is 16.6 Å². The number of rotatable bonds is 2. The summed E-state index contributed by atoms with van der Waals surface area (Å²) in [5.74, 6) is 0. The minimum absolute atomic E-state index is 0.114. The SMILES string of the molecule is CC(Nc1cc2nc[nH]c(=O)c2cc1N)C(C)(C)C. The number of benzene rings is 1. The molecule has 19 heavy (non-hydrogen) atoms. The van der Waals surface area contributed by atoms with E-state index in [1.165, 1.54) is 6.33 Å². The van der Waals surface area contributed by atoms with Crippen molar-refractivity contribution in [3.63, 3.8) is 0 Å². The molecule has 0 amide bonds. The van der Waals surface area contributed by atoms with Crippen molar-refractivity contribution in [1.29, 1.82) is 0 Å². The van der Waals surface area contributed by atoms with Crippen molar-refractivity contribution >= 4 is 22.3 Å². The summed E-state index contributed by atoms with van der Waals surface area (Å²) in [5, 5.41) is 3.89. The van der Waals surface area contributed by atoms with Crippen molar-refractivity contribution < 1.29 is 0 Å². The molecule has 2 aromatic rings. The molecule has 102 valence electrons. The lowest BCUT2D eigenvalue weighted by atomic mass is 9.88. The first kappa shape index (κ1) is 13.4. The van der Waals surface area contributed by atoms with Gasteiger partial charge >= 0.3 is 0 Å². The smallest absolute Gasteiger partial charge is 0.258 e. The highest BCUT2D eigenvalue weighted by Gasteiger charge is 2.20. The fraction of sp³-hybridized carbons (Fsp3) is 0.429. The van der Waals surface area contributed by atoms with Gasteiger partial charge in [-0.05, 0) is 24.5 Å². The molecule has 1 aromatic carbocycles. The molecule has 0 saturated heterocycles. The lowest BCUT2D eigenvalue weighted by Crippen LogP contribution is -2.31. The van der Waals surface area contributed by atoms with E-state index < -0.39 is 0 Å². The molecular weight excluding hydrogens is 240 g/mol. The lowest BCUT2D eigenvalue weighted by molar-refractivity contribution is 0.359. The van der Waals surface area contributed by atoms with E-state index in [4.69, 9.17) is 5.73 Å². The molecule has 0 radical (unpaired) electrons. The van der Waals surface area contributed by atoms with Gasteiger partial charge in [-0.25, -0.2) is 4.98 Å². The Morgan fingerprint density at radius 1 is 1.37 bits per heavy atom. The number of fused-ring (bicyclic) bond motifs is 1. The monoisotopic (exact) mass is 260 g/mol. The van der Waals surface area contributed by atoms with Gasteiger partial charge in [-0.1, -0.05) is 20.8 Å². The van der Waals surface area contributed by atoms with Crippen molar-refractivity contribution in [3.05, 3.63) is 28.8 Å². The zero-order chi connectivity index (χ0) is 14.2. The number of hydrogen-bond acceptors (Lipinski definition) is 4. The van der Waals surface area contributed by atoms with Crippen LogP contribution in [0.5, 0.6) is 0 Å². The van der Waals surface area contributed by atoms with Gasteiger partial charge in [-0.15, -0.1) is 0 Å². The first-order valence-corrected chi connectivity index (χ1v) is 6.32. The number of nitrogens with zero attached hydrogens (tertiary/aromatic N) is 1. The summed E-state index contributed by atoms with van der Waals surface area (Å²) in [5.41, 5.74) is 7.95. The van der Waals surface area contributed by atoms with E-state index in [0.29, 0.717) is 16.6 Å². The molecule has 5 heteroatoms. The molecule has 0 spiro atoms. The Bertz CT molecular complexity index is 655. The number of H-pyrrole nitrogens is 1. The number of nitrogens with one attached hydrogen (secondary N) is 2. The van der Waals surface area contributed by atoms with E-state index in [0.717, 1.165) is 5.69 Å². The van der Waals surface area contributed by atoms with Gasteiger partial charge in [0, 0.05) is 6.04 Å². The molecule has 2 rings (SSSR count). The Labute approximate surface area is 112 Å². The van der Waals surface area contributed by atoms with Crippen LogP contribution in [0.4, 0.5) is 11.4 Å². The molecule has 0 saturated carbocycles. The van der Waals surface area contributed by atoms with E-state index >= 15 is 0 Å². The Kier molecular flexibility index (Phi) is 3.22. The molecule has 1 atom stereocenters. The zero-order valence-corrected chi connectivity index (χ0v) is 11.7. The van der Waals surface area contributed by atoms with Gasteiger partial charge in [-0.3, -0.25) is 4.79 Å². The topological polar surface area (TPSA) is 83.8 Å². The Hall–Kier alpha value is -2.04. The normalized spacial score (nSPS) is 13.5. The van der Waals surface area contributed by atoms with E-state index in [1.54, 1.807) is 6.07 Å². The zero-order valence-electron chi connectivity index (χ0n) is 11.7. The molecule has 1 heterocycles. The van der Waals surface area contributed by atoms with Crippen LogP contribution >= 0.6 is 0 Å². The Morgan fingerprint density at radius 2 is 2.05 bits per heavy atom. The Morgan fingerprint density at radius 3 is 2.68 bits per heavy atom. The largest absolute Gasteiger partial charge is 0.397 e. The van der Waals surface area contributed by atoms with Crippen LogP contribution in [-0.4, -0.2) is 16.0 Å². The fourth-order valence-corrected chi connectivity index (χ4v) is 1.71. The van der Waals surface area contributed by atoms with Gasteiger partial charge < -0.3 is 16.0 Å². The minimum atomic E-state index is -0.174. The quantitative estimate of drug-likeness (QED) is 0.724. The second-order valence-corrected chi connectivity index (χ2v) is 5.92. The van der Waals surface area contributed by atoms with Crippen molar-refractivity contribution in [3.8, 4) is 0 Å². The highest BCUT2D eigenvalue weighted by molar-refractivity contribution is 5.88. The van der Waals surface area contributed by atoms with E-state index in [9.17, 15) is 4.79 Å². The summed E-state index contributed by atoms with van der Waals surface area (Å²) in [6, 6.07) is 3.73. The van der Waals surface area contributed by atoms with Crippen LogP contribution in [0.2, 0.25) is 0 Å². The molecule has 0 aliphatic carbocycles. The number of nitrogens with two attached hydrogens (primary N) is 1. The Balaban J connectivity index is 2.45. The van der Waals surface area contributed by atoms with Crippen LogP contribution in [-0.2, 0) is 0 Å². The second kappa shape index (κ2) is 4.57. The molecular formula is C14H20N4O. The van der Waals surface area contributed by atoms with Crippen LogP contribution in [0.25, 0.3) is 10.9 Å². The molecule has 0 fully saturated rings. The third-order valence-electron chi connectivity index (χ3n) is 3.48. The maximum atomic E-state index is 11.7. The summed E-state index contributed by atoms with van der Waals surface area (Å²) in [4.78, 5) is 18.4. The molecule has 1 unspecified atom stereocenters. The third-order valence-corrected chi connectivity index (χ3v) is 3.48. The number of aromatic amines is 1. The van der Waals surface area contributed by atoms with Crippen molar-refractivity contribution in [1.82, 2.24) is 9.97 Å². The average molecular weight is 260 g/mol. The molecule has 5 nitrogen and oxygen atoms in total. The van der Waals surface area contributed by atoms with E-state index in [-0.39, 0.29) is 17.0 Å². The maximum absolute atomic E-state index is 11.7. The molecule has 0 aliphatic rings. The number of aromatic nitrogens is 2. The minimum Gasteiger partial charge on any atom is -0.397 e. The summed E-state index contributed by atoms with van der Waals surface area (Å²) < 4.78 is 0. The van der Waals surface area contributed by atoms with Gasteiger partial charge in [0.25, 0.3) is 5.56 Å². The molecule has 1 aromatic heterocycles. The van der Waals surface area contributed by atoms with Crippen LogP contribution in [0.15, 0.2) is 23.3 Å². The summed E-state index contributed by atoms with van der Waals surface area (Å²) >= 11 is 0. The summed E-state index contributed by atoms with van der Waals surface area (Å²) in [7, 11) is 0. The van der Waals surface area contributed by atoms with Gasteiger partial charge in [0.05, 0.1) is 28.6 Å². The highest BCUT2D eigenvalue weighted by atomic mass is 16.1. The summed E-state index contributed by atoms with van der Waals surface area (Å²) in [6.07, 6.45) is 1.40. The molecule has 0 bridgehead atoms. The van der Waals surface area contributed by atoms with Crippen molar-refractivity contribution in [2.45, 2.75) is 33.7 Å². The van der Waals surface area contributed by atoms with E-state index in [1.807, 2.05) is 6.07 Å². The second-order valence-electron chi connectivity index (χ2n) is 5.92. The van der Waals surface area contributed by atoms with Gasteiger partial charge in [0.15, 0.2) is 0 Å². The van der Waals surface area contributed by atoms with Gasteiger partial charge in [-0.2, -0.15) is 0 Å². The average Bonchev–Trinajstić information content (AvgIpc) is 2.30. The third kappa shape index (κ3) is 2.70.